The maximum atomic E-state index is 10.3. The van der Waals surface area contributed by atoms with Crippen LogP contribution in [-0.4, -0.2) is 53.7 Å². The van der Waals surface area contributed by atoms with E-state index in [1.54, 1.807) is 19.3 Å². The number of pyridine rings is 1. The summed E-state index contributed by atoms with van der Waals surface area (Å²) in [6, 6.07) is 9.27. The molecule has 25 heavy (non-hydrogen) atoms. The highest BCUT2D eigenvalue weighted by Gasteiger charge is 2.27. The lowest BCUT2D eigenvalue weighted by Gasteiger charge is -2.22. The molecule has 2 aromatic rings. The highest BCUT2D eigenvalue weighted by Crippen LogP contribution is 2.26. The van der Waals surface area contributed by atoms with Crippen LogP contribution in [0.3, 0.4) is 0 Å². The zero-order valence-corrected chi connectivity index (χ0v) is 15.5. The second kappa shape index (κ2) is 8.51. The quantitative estimate of drug-likeness (QED) is 0.616. The monoisotopic (exact) mass is 380 g/mol. The van der Waals surface area contributed by atoms with Gasteiger partial charge in [0.2, 0.25) is 5.88 Å². The van der Waals surface area contributed by atoms with E-state index >= 15 is 0 Å². The first kappa shape index (κ1) is 18.0. The normalized spacial score (nSPS) is 19.1. The van der Waals surface area contributed by atoms with Crippen molar-refractivity contribution in [2.75, 3.05) is 26.7 Å². The van der Waals surface area contributed by atoms with Gasteiger partial charge in [0, 0.05) is 43.7 Å². The van der Waals surface area contributed by atoms with Crippen LogP contribution in [0.4, 0.5) is 0 Å². The summed E-state index contributed by atoms with van der Waals surface area (Å²) in [5, 5.41) is 13.5. The Hall–Kier alpha value is -1.83. The van der Waals surface area contributed by atoms with E-state index in [2.05, 4.69) is 20.2 Å². The van der Waals surface area contributed by atoms with Crippen molar-refractivity contribution in [3.05, 3.63) is 45.7 Å². The number of guanidine groups is 1. The Morgan fingerprint density at radius 2 is 2.40 bits per heavy atom. The van der Waals surface area contributed by atoms with Gasteiger partial charge in [-0.05, 0) is 18.2 Å². The Balaban J connectivity index is 1.50. The fourth-order valence-electron chi connectivity index (χ4n) is 2.73. The third-order valence-electron chi connectivity index (χ3n) is 3.96. The number of aromatic nitrogens is 1. The first-order chi connectivity index (χ1) is 12.2. The third kappa shape index (κ3) is 4.84. The van der Waals surface area contributed by atoms with Crippen LogP contribution in [0.5, 0.6) is 5.88 Å². The van der Waals surface area contributed by atoms with Gasteiger partial charge in [0.25, 0.3) is 0 Å². The average molecular weight is 381 g/mol. The van der Waals surface area contributed by atoms with Crippen molar-refractivity contribution in [3.63, 3.8) is 0 Å². The molecule has 1 aliphatic heterocycles. The fourth-order valence-corrected chi connectivity index (χ4v) is 3.78. The number of halogens is 1. The Morgan fingerprint density at radius 1 is 1.52 bits per heavy atom. The van der Waals surface area contributed by atoms with Crippen LogP contribution in [0.2, 0.25) is 4.34 Å². The lowest BCUT2D eigenvalue weighted by molar-refractivity contribution is 0.182. The summed E-state index contributed by atoms with van der Waals surface area (Å²) in [6.07, 6.45) is 2.09. The van der Waals surface area contributed by atoms with E-state index in [0.717, 1.165) is 30.3 Å². The van der Waals surface area contributed by atoms with E-state index in [4.69, 9.17) is 16.3 Å². The zero-order chi connectivity index (χ0) is 17.6. The number of aliphatic hydroxyl groups is 1. The van der Waals surface area contributed by atoms with Crippen molar-refractivity contribution in [2.45, 2.75) is 18.6 Å². The Kier molecular flexibility index (Phi) is 6.12. The fraction of sp³-hybridized carbons (Fsp3) is 0.412. The van der Waals surface area contributed by atoms with Gasteiger partial charge < -0.3 is 20.1 Å². The van der Waals surface area contributed by atoms with Gasteiger partial charge in [0.1, 0.15) is 12.2 Å². The van der Waals surface area contributed by atoms with Crippen molar-refractivity contribution < 1.29 is 9.84 Å². The molecule has 1 aliphatic rings. The SMILES string of the molecule is CN=C(NCC(O)c1ccc(Cl)s1)N1CCC(Oc2ccccn2)C1. The summed E-state index contributed by atoms with van der Waals surface area (Å²) >= 11 is 7.30. The largest absolute Gasteiger partial charge is 0.472 e. The van der Waals surface area contributed by atoms with E-state index < -0.39 is 6.10 Å². The molecule has 0 radical (unpaired) electrons. The van der Waals surface area contributed by atoms with Crippen molar-refractivity contribution in [1.29, 1.82) is 0 Å². The van der Waals surface area contributed by atoms with Crippen LogP contribution in [0.25, 0.3) is 0 Å². The number of likely N-dealkylation sites (tertiary alicyclic amines) is 1. The maximum absolute atomic E-state index is 10.3. The molecule has 0 bridgehead atoms. The van der Waals surface area contributed by atoms with Crippen molar-refractivity contribution >= 4 is 28.9 Å². The number of hydrogen-bond acceptors (Lipinski definition) is 5. The number of rotatable bonds is 5. The van der Waals surface area contributed by atoms with Gasteiger partial charge in [0.05, 0.1) is 10.9 Å². The standard InChI is InChI=1S/C17H21ClN4O2S/c1-19-17(21-10-13(23)14-5-6-15(18)25-14)22-9-7-12(11-22)24-16-4-2-3-8-20-16/h2-6,8,12-13,23H,7,9-11H2,1H3,(H,19,21). The van der Waals surface area contributed by atoms with Crippen LogP contribution in [-0.2, 0) is 0 Å². The van der Waals surface area contributed by atoms with Crippen molar-refractivity contribution in [1.82, 2.24) is 15.2 Å². The van der Waals surface area contributed by atoms with Gasteiger partial charge >= 0.3 is 0 Å². The second-order valence-electron chi connectivity index (χ2n) is 5.73. The number of nitrogens with zero attached hydrogens (tertiary/aromatic N) is 3. The highest BCUT2D eigenvalue weighted by atomic mass is 35.5. The number of ether oxygens (including phenoxy) is 1. The number of aliphatic hydroxyl groups excluding tert-OH is 1. The summed E-state index contributed by atoms with van der Waals surface area (Å²) in [5.41, 5.74) is 0. The van der Waals surface area contributed by atoms with Gasteiger partial charge in [-0.2, -0.15) is 0 Å². The highest BCUT2D eigenvalue weighted by molar-refractivity contribution is 7.16. The maximum Gasteiger partial charge on any atom is 0.213 e. The summed E-state index contributed by atoms with van der Waals surface area (Å²) in [5.74, 6) is 1.40. The van der Waals surface area contributed by atoms with E-state index in [-0.39, 0.29) is 6.10 Å². The first-order valence-corrected chi connectivity index (χ1v) is 9.31. The smallest absolute Gasteiger partial charge is 0.213 e. The lowest BCUT2D eigenvalue weighted by atomic mass is 10.3. The number of hydrogen-bond donors (Lipinski definition) is 2. The van der Waals surface area contributed by atoms with Gasteiger partial charge in [-0.25, -0.2) is 4.98 Å². The van der Waals surface area contributed by atoms with Crippen LogP contribution >= 0.6 is 22.9 Å². The van der Waals surface area contributed by atoms with E-state index in [9.17, 15) is 5.11 Å². The average Bonchev–Trinajstić information content (AvgIpc) is 3.26. The van der Waals surface area contributed by atoms with Crippen LogP contribution in [0.15, 0.2) is 41.5 Å². The van der Waals surface area contributed by atoms with Gasteiger partial charge in [-0.3, -0.25) is 4.99 Å². The number of nitrogens with one attached hydrogen (secondary N) is 1. The summed E-state index contributed by atoms with van der Waals surface area (Å²) in [7, 11) is 1.74. The Bertz CT molecular complexity index is 710. The molecule has 2 atom stereocenters. The van der Waals surface area contributed by atoms with Gasteiger partial charge in [-0.15, -0.1) is 11.3 Å². The van der Waals surface area contributed by atoms with E-state index in [1.165, 1.54) is 11.3 Å². The molecule has 0 aliphatic carbocycles. The summed E-state index contributed by atoms with van der Waals surface area (Å²) in [4.78, 5) is 11.5. The molecule has 2 N–H and O–H groups in total. The first-order valence-electron chi connectivity index (χ1n) is 8.12. The molecule has 1 fully saturated rings. The molecule has 2 aromatic heterocycles. The van der Waals surface area contributed by atoms with Gasteiger partial charge in [0.15, 0.2) is 5.96 Å². The molecular formula is C17H21ClN4O2S. The molecule has 8 heteroatoms. The van der Waals surface area contributed by atoms with Crippen LogP contribution < -0.4 is 10.1 Å². The molecule has 0 amide bonds. The van der Waals surface area contributed by atoms with Crippen molar-refractivity contribution in [3.8, 4) is 5.88 Å². The molecule has 3 rings (SSSR count). The molecule has 0 saturated carbocycles. The Labute approximate surface area is 156 Å². The van der Waals surface area contributed by atoms with Crippen LogP contribution in [0.1, 0.15) is 17.4 Å². The van der Waals surface area contributed by atoms with Crippen LogP contribution in [0, 0.1) is 0 Å². The summed E-state index contributed by atoms with van der Waals surface area (Å²) < 4.78 is 6.57. The lowest BCUT2D eigenvalue weighted by Crippen LogP contribution is -2.42. The molecule has 1 saturated heterocycles. The molecule has 0 spiro atoms. The molecule has 0 aromatic carbocycles. The van der Waals surface area contributed by atoms with Crippen molar-refractivity contribution in [2.24, 2.45) is 4.99 Å². The number of aliphatic imine (C=N–C) groups is 1. The van der Waals surface area contributed by atoms with E-state index in [1.807, 2.05) is 24.3 Å². The minimum Gasteiger partial charge on any atom is -0.472 e. The number of thiophene rings is 1. The molecule has 6 nitrogen and oxygen atoms in total. The second-order valence-corrected chi connectivity index (χ2v) is 7.47. The topological polar surface area (TPSA) is 70.0 Å². The zero-order valence-electron chi connectivity index (χ0n) is 13.9. The Morgan fingerprint density at radius 3 is 3.08 bits per heavy atom. The third-order valence-corrected chi connectivity index (χ3v) is 5.29. The predicted molar refractivity (Wildman–Crippen MR) is 100 cm³/mol. The molecule has 134 valence electrons. The van der Waals surface area contributed by atoms with E-state index in [0.29, 0.717) is 16.8 Å². The molecule has 2 unspecified atom stereocenters. The summed E-state index contributed by atoms with van der Waals surface area (Å²) in [6.45, 7) is 1.96. The minimum atomic E-state index is -0.614. The van der Waals surface area contributed by atoms with Gasteiger partial charge in [-0.1, -0.05) is 17.7 Å². The predicted octanol–water partition coefficient (Wildman–Crippen LogP) is 2.56. The minimum absolute atomic E-state index is 0.0782. The molecule has 3 heterocycles. The molecular weight excluding hydrogens is 360 g/mol.